The molecule has 0 spiro atoms. The molecule has 0 aliphatic carbocycles. The summed E-state index contributed by atoms with van der Waals surface area (Å²) in [5.74, 6) is 0.541. The average molecular weight is 472 g/mol. The molecule has 1 saturated heterocycles. The van der Waals surface area contributed by atoms with Gasteiger partial charge in [-0.2, -0.15) is 9.40 Å². The Balaban J connectivity index is 1.38. The molecule has 0 radical (unpaired) electrons. The highest BCUT2D eigenvalue weighted by Gasteiger charge is 2.27. The van der Waals surface area contributed by atoms with Gasteiger partial charge in [-0.05, 0) is 51.0 Å². The number of rotatable bonds is 7. The third-order valence-electron chi connectivity index (χ3n) is 5.14. The summed E-state index contributed by atoms with van der Waals surface area (Å²) in [6, 6.07) is 12.9. The van der Waals surface area contributed by atoms with Crippen LogP contribution in [0.4, 0.5) is 5.82 Å². The Hall–Kier alpha value is -2.69. The number of amides is 1. The lowest BCUT2D eigenvalue weighted by Crippen LogP contribution is -2.27. The van der Waals surface area contributed by atoms with E-state index in [-0.39, 0.29) is 16.6 Å². The first-order valence-corrected chi connectivity index (χ1v) is 12.8. The minimum absolute atomic E-state index is 0.142. The van der Waals surface area contributed by atoms with Gasteiger partial charge in [0.25, 0.3) is 0 Å². The van der Waals surface area contributed by atoms with Crippen molar-refractivity contribution in [1.29, 1.82) is 0 Å². The molecule has 0 saturated carbocycles. The number of carbonyl (C=O) groups is 1. The van der Waals surface area contributed by atoms with Crippen LogP contribution in [0.5, 0.6) is 0 Å². The maximum Gasteiger partial charge on any atom is 0.244 e. The third kappa shape index (κ3) is 5.03. The highest BCUT2D eigenvalue weighted by molar-refractivity contribution is 7.99. The van der Waals surface area contributed by atoms with Gasteiger partial charge in [0.05, 0.1) is 22.2 Å². The van der Waals surface area contributed by atoms with Crippen LogP contribution in [0.2, 0.25) is 0 Å². The number of carbonyl (C=O) groups excluding carboxylic acids is 1. The van der Waals surface area contributed by atoms with Crippen molar-refractivity contribution in [3.63, 3.8) is 0 Å². The SMILES string of the molecule is Cc1ccc(-n2nc(C)cc2NC(=O)CSc2ccc(S(=O)(=O)N3CCCC3)cn2)cc1. The van der Waals surface area contributed by atoms with E-state index in [1.165, 1.54) is 22.3 Å². The molecule has 1 amide bonds. The molecule has 168 valence electrons. The second-order valence-corrected chi connectivity index (χ2v) is 10.6. The number of thioether (sulfide) groups is 1. The molecule has 0 bridgehead atoms. The van der Waals surface area contributed by atoms with Crippen molar-refractivity contribution < 1.29 is 13.2 Å². The van der Waals surface area contributed by atoms with Gasteiger partial charge >= 0.3 is 0 Å². The van der Waals surface area contributed by atoms with Gasteiger partial charge in [-0.25, -0.2) is 18.1 Å². The quantitative estimate of drug-likeness (QED) is 0.531. The lowest BCUT2D eigenvalue weighted by molar-refractivity contribution is -0.113. The van der Waals surface area contributed by atoms with Crippen molar-refractivity contribution in [3.8, 4) is 5.69 Å². The van der Waals surface area contributed by atoms with Crippen LogP contribution in [0.1, 0.15) is 24.1 Å². The summed E-state index contributed by atoms with van der Waals surface area (Å²) in [7, 11) is -3.49. The van der Waals surface area contributed by atoms with Crippen LogP contribution in [0.15, 0.2) is 58.6 Å². The molecular formula is C22H25N5O3S2. The average Bonchev–Trinajstić information content (AvgIpc) is 3.44. The summed E-state index contributed by atoms with van der Waals surface area (Å²) in [5, 5.41) is 7.95. The van der Waals surface area contributed by atoms with Crippen molar-refractivity contribution in [2.45, 2.75) is 36.6 Å². The van der Waals surface area contributed by atoms with Crippen molar-refractivity contribution in [3.05, 3.63) is 59.9 Å². The highest BCUT2D eigenvalue weighted by Crippen LogP contribution is 2.23. The van der Waals surface area contributed by atoms with E-state index >= 15 is 0 Å². The van der Waals surface area contributed by atoms with E-state index in [0.29, 0.717) is 23.9 Å². The topological polar surface area (TPSA) is 97.2 Å². The molecule has 4 rings (SSSR count). The number of benzene rings is 1. The maximum atomic E-state index is 12.6. The van der Waals surface area contributed by atoms with Crippen LogP contribution >= 0.6 is 11.8 Å². The number of nitrogens with zero attached hydrogens (tertiary/aromatic N) is 4. The third-order valence-corrected chi connectivity index (χ3v) is 7.97. The zero-order chi connectivity index (χ0) is 22.7. The van der Waals surface area contributed by atoms with Crippen LogP contribution in [0.3, 0.4) is 0 Å². The normalized spacial score (nSPS) is 14.6. The van der Waals surface area contributed by atoms with Gasteiger partial charge in [-0.15, -0.1) is 0 Å². The number of pyridine rings is 1. The summed E-state index contributed by atoms with van der Waals surface area (Å²) >= 11 is 1.25. The Kier molecular flexibility index (Phi) is 6.63. The number of hydrogen-bond donors (Lipinski definition) is 1. The summed E-state index contributed by atoms with van der Waals surface area (Å²) < 4.78 is 28.4. The molecule has 0 unspecified atom stereocenters. The van der Waals surface area contributed by atoms with E-state index in [0.717, 1.165) is 29.8 Å². The van der Waals surface area contributed by atoms with Gasteiger partial charge in [0.2, 0.25) is 15.9 Å². The minimum atomic E-state index is -3.49. The number of anilines is 1. The zero-order valence-electron chi connectivity index (χ0n) is 18.0. The second-order valence-electron chi connectivity index (χ2n) is 7.70. The molecular weight excluding hydrogens is 446 g/mol. The van der Waals surface area contributed by atoms with Gasteiger partial charge in [0.1, 0.15) is 10.7 Å². The molecule has 1 fully saturated rings. The fourth-order valence-electron chi connectivity index (χ4n) is 3.47. The van der Waals surface area contributed by atoms with Gasteiger partial charge in [-0.1, -0.05) is 29.5 Å². The number of aryl methyl sites for hydroxylation is 2. The molecule has 10 heteroatoms. The Morgan fingerprint density at radius 3 is 2.47 bits per heavy atom. The van der Waals surface area contributed by atoms with E-state index in [2.05, 4.69) is 15.4 Å². The number of sulfonamides is 1. The van der Waals surface area contributed by atoms with Gasteiger partial charge in [0, 0.05) is 25.4 Å². The first kappa shape index (κ1) is 22.5. The fourth-order valence-corrected chi connectivity index (χ4v) is 5.58. The van der Waals surface area contributed by atoms with E-state index in [1.54, 1.807) is 16.8 Å². The van der Waals surface area contributed by atoms with E-state index in [1.807, 2.05) is 44.2 Å². The first-order chi connectivity index (χ1) is 15.3. The van der Waals surface area contributed by atoms with Crippen LogP contribution < -0.4 is 5.32 Å². The predicted octanol–water partition coefficient (Wildman–Crippen LogP) is 3.40. The Morgan fingerprint density at radius 2 is 1.81 bits per heavy atom. The van der Waals surface area contributed by atoms with Crippen molar-refractivity contribution in [1.82, 2.24) is 19.1 Å². The smallest absolute Gasteiger partial charge is 0.244 e. The monoisotopic (exact) mass is 471 g/mol. The molecule has 3 aromatic rings. The number of aromatic nitrogens is 3. The predicted molar refractivity (Wildman–Crippen MR) is 125 cm³/mol. The zero-order valence-corrected chi connectivity index (χ0v) is 19.6. The van der Waals surface area contributed by atoms with Crippen LogP contribution in [-0.2, 0) is 14.8 Å². The first-order valence-electron chi connectivity index (χ1n) is 10.4. The Morgan fingerprint density at radius 1 is 1.09 bits per heavy atom. The molecule has 8 nitrogen and oxygen atoms in total. The van der Waals surface area contributed by atoms with E-state index in [4.69, 9.17) is 0 Å². The lowest BCUT2D eigenvalue weighted by Gasteiger charge is -2.15. The Bertz CT molecular complexity index is 1200. The van der Waals surface area contributed by atoms with Gasteiger partial charge < -0.3 is 5.32 Å². The molecule has 1 aromatic carbocycles. The van der Waals surface area contributed by atoms with Crippen molar-refractivity contribution in [2.24, 2.45) is 0 Å². The van der Waals surface area contributed by atoms with E-state index in [9.17, 15) is 13.2 Å². The van der Waals surface area contributed by atoms with Crippen LogP contribution in [0.25, 0.3) is 5.69 Å². The molecule has 1 N–H and O–H groups in total. The number of hydrogen-bond acceptors (Lipinski definition) is 6. The molecule has 0 atom stereocenters. The maximum absolute atomic E-state index is 12.6. The molecule has 3 heterocycles. The molecule has 1 aliphatic heterocycles. The van der Waals surface area contributed by atoms with Crippen molar-refractivity contribution in [2.75, 3.05) is 24.2 Å². The van der Waals surface area contributed by atoms with Gasteiger partial charge in [-0.3, -0.25) is 4.79 Å². The second kappa shape index (κ2) is 9.43. The molecule has 1 aliphatic rings. The largest absolute Gasteiger partial charge is 0.310 e. The van der Waals surface area contributed by atoms with Gasteiger partial charge in [0.15, 0.2) is 0 Å². The summed E-state index contributed by atoms with van der Waals surface area (Å²) in [4.78, 5) is 16.9. The molecule has 32 heavy (non-hydrogen) atoms. The van der Waals surface area contributed by atoms with E-state index < -0.39 is 10.0 Å². The summed E-state index contributed by atoms with van der Waals surface area (Å²) in [5.41, 5.74) is 2.81. The highest BCUT2D eigenvalue weighted by atomic mass is 32.2. The summed E-state index contributed by atoms with van der Waals surface area (Å²) in [6.07, 6.45) is 3.14. The number of nitrogens with one attached hydrogen (secondary N) is 1. The fraction of sp³-hybridized carbons (Fsp3) is 0.318. The standard InChI is InChI=1S/C22H25N5O3S2/c1-16-5-7-18(8-6-16)27-20(13-17(2)25-27)24-21(28)15-31-22-10-9-19(14-23-22)32(29,30)26-11-3-4-12-26/h5-10,13-14H,3-4,11-12,15H2,1-2H3,(H,24,28). The lowest BCUT2D eigenvalue weighted by atomic mass is 10.2. The van der Waals surface area contributed by atoms with Crippen LogP contribution in [-0.4, -0.2) is 52.2 Å². The van der Waals surface area contributed by atoms with Crippen molar-refractivity contribution >= 4 is 33.5 Å². The summed E-state index contributed by atoms with van der Waals surface area (Å²) in [6.45, 7) is 4.99. The Labute approximate surface area is 192 Å². The minimum Gasteiger partial charge on any atom is -0.310 e. The van der Waals surface area contributed by atoms with Crippen LogP contribution in [0, 0.1) is 13.8 Å². The molecule has 2 aromatic heterocycles.